The van der Waals surface area contributed by atoms with E-state index in [4.69, 9.17) is 14.9 Å². The van der Waals surface area contributed by atoms with Crippen LogP contribution in [-0.4, -0.2) is 66.1 Å². The van der Waals surface area contributed by atoms with E-state index in [1.54, 1.807) is 4.68 Å². The van der Waals surface area contributed by atoms with Crippen LogP contribution < -0.4 is 4.74 Å². The predicted molar refractivity (Wildman–Crippen MR) is 131 cm³/mol. The standard InChI is InChI=1S/C25H33N7O2/c1-15-10-19-17(3)32(8-9-33)29-23(19)14-30(4)13-16(2)34-25-21(12-26-31(25)5)18-6-7-22-20(11-18)24(15)28-27-22/h6-7,11-12,15-16,33H,8-10,13-14H2,1-5H3,(H,27,28)/t15?,16-/m0/s1. The number of rotatable bonds is 2. The summed E-state index contributed by atoms with van der Waals surface area (Å²) in [5.41, 5.74) is 7.49. The van der Waals surface area contributed by atoms with Gasteiger partial charge >= 0.3 is 0 Å². The molecule has 4 aromatic rings. The maximum atomic E-state index is 9.54. The number of aromatic nitrogens is 6. The number of ether oxygens (including phenoxy) is 1. The molecule has 9 heteroatoms. The lowest BCUT2D eigenvalue weighted by molar-refractivity contribution is 0.147. The summed E-state index contributed by atoms with van der Waals surface area (Å²) >= 11 is 0. The Morgan fingerprint density at radius 1 is 1.24 bits per heavy atom. The van der Waals surface area contributed by atoms with E-state index in [9.17, 15) is 5.11 Å². The third-order valence-electron chi connectivity index (χ3n) is 6.79. The Kier molecular flexibility index (Phi) is 5.91. The largest absolute Gasteiger partial charge is 0.473 e. The SMILES string of the molecule is Cc1c2c(nn1CCO)CN(C)C[C@H](C)Oc1c(cnn1C)-c1ccc3[nH]nc(c3c1)C(C)C2. The van der Waals surface area contributed by atoms with E-state index < -0.39 is 0 Å². The van der Waals surface area contributed by atoms with Crippen LogP contribution in [0.25, 0.3) is 22.0 Å². The Balaban J connectivity index is 1.65. The Morgan fingerprint density at radius 2 is 2.06 bits per heavy atom. The summed E-state index contributed by atoms with van der Waals surface area (Å²) in [5.74, 6) is 0.948. The molecule has 0 spiro atoms. The number of hydrogen-bond donors (Lipinski definition) is 2. The van der Waals surface area contributed by atoms with E-state index in [0.29, 0.717) is 13.1 Å². The van der Waals surface area contributed by atoms with Crippen LogP contribution in [0.5, 0.6) is 5.88 Å². The zero-order valence-electron chi connectivity index (χ0n) is 20.5. The minimum Gasteiger partial charge on any atom is -0.473 e. The molecule has 3 aromatic heterocycles. The number of nitrogens with one attached hydrogen (secondary N) is 1. The average Bonchev–Trinajstić information content (AvgIpc) is 3.45. The molecule has 1 aromatic carbocycles. The van der Waals surface area contributed by atoms with Crippen molar-refractivity contribution < 1.29 is 9.84 Å². The molecular formula is C25H33N7O2. The zero-order valence-corrected chi connectivity index (χ0v) is 20.5. The smallest absolute Gasteiger partial charge is 0.219 e. The topological polar surface area (TPSA) is 97.0 Å². The molecule has 1 aliphatic heterocycles. The molecule has 1 aliphatic rings. The van der Waals surface area contributed by atoms with Crippen molar-refractivity contribution in [2.75, 3.05) is 20.2 Å². The number of fused-ring (bicyclic) bond motifs is 4. The number of H-pyrrole nitrogens is 1. The van der Waals surface area contributed by atoms with Gasteiger partial charge in [0.2, 0.25) is 5.88 Å². The van der Waals surface area contributed by atoms with Crippen molar-refractivity contribution in [2.45, 2.75) is 52.3 Å². The summed E-state index contributed by atoms with van der Waals surface area (Å²) in [6.07, 6.45) is 2.66. The molecule has 0 radical (unpaired) electrons. The molecule has 1 unspecified atom stereocenters. The minimum absolute atomic E-state index is 0.0412. The second kappa shape index (κ2) is 8.88. The van der Waals surface area contributed by atoms with E-state index in [1.165, 1.54) is 5.56 Å². The van der Waals surface area contributed by atoms with Crippen molar-refractivity contribution in [3.05, 3.63) is 47.0 Å². The van der Waals surface area contributed by atoms with E-state index >= 15 is 0 Å². The minimum atomic E-state index is -0.0412. The second-order valence-corrected chi connectivity index (χ2v) is 9.54. The highest BCUT2D eigenvalue weighted by molar-refractivity contribution is 5.87. The maximum absolute atomic E-state index is 9.54. The first-order valence-corrected chi connectivity index (χ1v) is 11.9. The summed E-state index contributed by atoms with van der Waals surface area (Å²) in [7, 11) is 4.01. The van der Waals surface area contributed by atoms with Crippen molar-refractivity contribution in [3.63, 3.8) is 0 Å². The number of aliphatic hydroxyl groups is 1. The quantitative estimate of drug-likeness (QED) is 0.474. The van der Waals surface area contributed by atoms with Gasteiger partial charge in [0.1, 0.15) is 6.10 Å². The van der Waals surface area contributed by atoms with Crippen LogP contribution in [0.1, 0.15) is 42.4 Å². The van der Waals surface area contributed by atoms with Crippen molar-refractivity contribution in [1.82, 2.24) is 34.7 Å². The Bertz CT molecular complexity index is 1320. The number of benzene rings is 1. The molecule has 0 amide bonds. The van der Waals surface area contributed by atoms with Gasteiger partial charge in [-0.15, -0.1) is 0 Å². The van der Waals surface area contributed by atoms with Gasteiger partial charge < -0.3 is 9.84 Å². The first kappa shape index (κ1) is 22.6. The normalized spacial score (nSPS) is 19.5. The van der Waals surface area contributed by atoms with Crippen LogP contribution in [-0.2, 0) is 26.6 Å². The lowest BCUT2D eigenvalue weighted by Gasteiger charge is -2.22. The molecule has 2 atom stereocenters. The van der Waals surface area contributed by atoms with Crippen LogP contribution in [0.4, 0.5) is 0 Å². The van der Waals surface area contributed by atoms with Gasteiger partial charge in [-0.3, -0.25) is 14.7 Å². The average molecular weight is 464 g/mol. The number of likely N-dealkylation sites (N-methyl/N-ethyl adjacent to an activating group) is 1. The molecular weight excluding hydrogens is 430 g/mol. The fourth-order valence-electron chi connectivity index (χ4n) is 5.08. The molecule has 9 nitrogen and oxygen atoms in total. The summed E-state index contributed by atoms with van der Waals surface area (Å²) < 4.78 is 10.1. The maximum Gasteiger partial charge on any atom is 0.219 e. The molecule has 0 saturated carbocycles. The van der Waals surface area contributed by atoms with Crippen molar-refractivity contribution in [2.24, 2.45) is 7.05 Å². The van der Waals surface area contributed by atoms with Gasteiger partial charge in [0.25, 0.3) is 0 Å². The van der Waals surface area contributed by atoms with Gasteiger partial charge in [-0.05, 0) is 50.6 Å². The number of nitrogens with zero attached hydrogens (tertiary/aromatic N) is 6. The van der Waals surface area contributed by atoms with E-state index in [2.05, 4.69) is 61.1 Å². The molecule has 0 aliphatic carbocycles. The van der Waals surface area contributed by atoms with Crippen molar-refractivity contribution in [3.8, 4) is 17.0 Å². The van der Waals surface area contributed by atoms with Crippen LogP contribution >= 0.6 is 0 Å². The Labute approximate surface area is 199 Å². The fourth-order valence-corrected chi connectivity index (χ4v) is 5.08. The van der Waals surface area contributed by atoms with Crippen molar-refractivity contribution in [1.29, 1.82) is 0 Å². The summed E-state index contributed by atoms with van der Waals surface area (Å²) in [5, 5.41) is 27.9. The van der Waals surface area contributed by atoms with Gasteiger partial charge in [0, 0.05) is 37.1 Å². The fraction of sp³-hybridized carbons (Fsp3) is 0.480. The number of hydrogen-bond acceptors (Lipinski definition) is 6. The van der Waals surface area contributed by atoms with Gasteiger partial charge in [-0.1, -0.05) is 13.0 Å². The molecule has 4 heterocycles. The van der Waals surface area contributed by atoms with Crippen LogP contribution in [0.2, 0.25) is 0 Å². The predicted octanol–water partition coefficient (Wildman–Crippen LogP) is 3.02. The Hall–Kier alpha value is -3.17. The third kappa shape index (κ3) is 3.99. The van der Waals surface area contributed by atoms with Crippen LogP contribution in [0.15, 0.2) is 24.4 Å². The Morgan fingerprint density at radius 3 is 2.85 bits per heavy atom. The van der Waals surface area contributed by atoms with E-state index in [-0.39, 0.29) is 18.6 Å². The monoisotopic (exact) mass is 463 g/mol. The lowest BCUT2D eigenvalue weighted by atomic mass is 9.93. The number of aromatic amines is 1. The van der Waals surface area contributed by atoms with Gasteiger partial charge in [-0.2, -0.15) is 15.3 Å². The molecule has 2 bridgehead atoms. The highest BCUT2D eigenvalue weighted by Gasteiger charge is 2.24. The highest BCUT2D eigenvalue weighted by atomic mass is 16.5. The molecule has 34 heavy (non-hydrogen) atoms. The third-order valence-corrected chi connectivity index (χ3v) is 6.79. The van der Waals surface area contributed by atoms with E-state index in [0.717, 1.165) is 58.0 Å². The number of aliphatic hydroxyl groups excluding tert-OH is 1. The van der Waals surface area contributed by atoms with Crippen molar-refractivity contribution >= 4 is 10.9 Å². The van der Waals surface area contributed by atoms with E-state index in [1.807, 2.05) is 17.9 Å². The summed E-state index contributed by atoms with van der Waals surface area (Å²) in [6.45, 7) is 8.41. The first-order chi connectivity index (χ1) is 16.4. The van der Waals surface area contributed by atoms with Gasteiger partial charge in [0.05, 0.1) is 41.8 Å². The first-order valence-electron chi connectivity index (χ1n) is 11.9. The lowest BCUT2D eigenvalue weighted by Crippen LogP contribution is -2.31. The second-order valence-electron chi connectivity index (χ2n) is 9.54. The molecule has 0 fully saturated rings. The van der Waals surface area contributed by atoms with Crippen LogP contribution in [0.3, 0.4) is 0 Å². The summed E-state index contributed by atoms with van der Waals surface area (Å²) in [4.78, 5) is 2.24. The highest BCUT2D eigenvalue weighted by Crippen LogP contribution is 2.35. The van der Waals surface area contributed by atoms with Gasteiger partial charge in [0.15, 0.2) is 0 Å². The molecule has 0 saturated heterocycles. The molecule has 5 rings (SSSR count). The molecule has 2 N–H and O–H groups in total. The number of aryl methyl sites for hydroxylation is 1. The summed E-state index contributed by atoms with van der Waals surface area (Å²) in [6, 6.07) is 6.36. The van der Waals surface area contributed by atoms with Gasteiger partial charge in [-0.25, -0.2) is 4.68 Å². The van der Waals surface area contributed by atoms with Crippen LogP contribution in [0, 0.1) is 6.92 Å². The zero-order chi connectivity index (χ0) is 24.0. The molecule has 180 valence electrons.